The van der Waals surface area contributed by atoms with Crippen LogP contribution in [0.25, 0.3) is 0 Å². The summed E-state index contributed by atoms with van der Waals surface area (Å²) in [7, 11) is 2.00. The number of rotatable bonds is 4. The van der Waals surface area contributed by atoms with Crippen LogP contribution >= 0.6 is 0 Å². The summed E-state index contributed by atoms with van der Waals surface area (Å²) in [5, 5.41) is 8.80. The molecule has 15 heavy (non-hydrogen) atoms. The zero-order valence-corrected chi connectivity index (χ0v) is 9.33. The summed E-state index contributed by atoms with van der Waals surface area (Å²) < 4.78 is 0. The summed E-state index contributed by atoms with van der Waals surface area (Å²) in [6, 6.07) is 7.49. The number of nitriles is 1. The average molecular weight is 203 g/mol. The summed E-state index contributed by atoms with van der Waals surface area (Å²) in [5.41, 5.74) is 8.20. The molecule has 3 nitrogen and oxygen atoms in total. The average Bonchev–Trinajstić information content (AvgIpc) is 2.26. The molecule has 0 unspecified atom stereocenters. The molecule has 1 aromatic carbocycles. The number of hydrogen-bond donors (Lipinski definition) is 1. The van der Waals surface area contributed by atoms with Gasteiger partial charge in [-0.2, -0.15) is 5.26 Å². The molecule has 0 spiro atoms. The molecule has 0 aliphatic rings. The van der Waals surface area contributed by atoms with Gasteiger partial charge in [0.1, 0.15) is 0 Å². The van der Waals surface area contributed by atoms with Crippen molar-refractivity contribution in [2.75, 3.05) is 24.2 Å². The summed E-state index contributed by atoms with van der Waals surface area (Å²) in [6.07, 6.45) is 2.29. The summed E-state index contributed by atoms with van der Waals surface area (Å²) in [4.78, 5) is 2.10. The van der Waals surface area contributed by atoms with Gasteiger partial charge in [0.15, 0.2) is 0 Å². The predicted octanol–water partition coefficient (Wildman–Crippen LogP) is 2.38. The van der Waals surface area contributed by atoms with Gasteiger partial charge in [0.05, 0.1) is 23.0 Å². The van der Waals surface area contributed by atoms with Crippen molar-refractivity contribution in [3.05, 3.63) is 23.8 Å². The SMILES string of the molecule is CCCCN(C)c1cc(C#N)ccc1N. The highest BCUT2D eigenvalue weighted by Gasteiger charge is 2.05. The van der Waals surface area contributed by atoms with Crippen molar-refractivity contribution in [1.29, 1.82) is 5.26 Å². The van der Waals surface area contributed by atoms with E-state index < -0.39 is 0 Å². The van der Waals surface area contributed by atoms with Gasteiger partial charge >= 0.3 is 0 Å². The Kier molecular flexibility index (Phi) is 3.99. The van der Waals surface area contributed by atoms with Crippen molar-refractivity contribution < 1.29 is 0 Å². The molecule has 0 aliphatic heterocycles. The fourth-order valence-corrected chi connectivity index (χ4v) is 1.46. The van der Waals surface area contributed by atoms with Crippen LogP contribution in [0, 0.1) is 11.3 Å². The maximum absolute atomic E-state index is 8.80. The minimum Gasteiger partial charge on any atom is -0.397 e. The van der Waals surface area contributed by atoms with Gasteiger partial charge < -0.3 is 10.6 Å². The monoisotopic (exact) mass is 203 g/mol. The normalized spacial score (nSPS) is 9.67. The van der Waals surface area contributed by atoms with E-state index in [1.54, 1.807) is 12.1 Å². The summed E-state index contributed by atoms with van der Waals surface area (Å²) in [5.74, 6) is 0. The molecule has 0 aromatic heterocycles. The largest absolute Gasteiger partial charge is 0.397 e. The predicted molar refractivity (Wildman–Crippen MR) is 63.7 cm³/mol. The van der Waals surface area contributed by atoms with Crippen molar-refractivity contribution in [1.82, 2.24) is 0 Å². The molecule has 0 saturated carbocycles. The molecule has 0 aliphatic carbocycles. The molecule has 0 bridgehead atoms. The first-order valence-corrected chi connectivity index (χ1v) is 5.19. The number of benzene rings is 1. The Morgan fingerprint density at radius 3 is 2.80 bits per heavy atom. The third-order valence-electron chi connectivity index (χ3n) is 2.42. The number of nitrogens with two attached hydrogens (primary N) is 1. The molecule has 0 amide bonds. The lowest BCUT2D eigenvalue weighted by molar-refractivity contribution is 0.767. The highest BCUT2D eigenvalue weighted by molar-refractivity contribution is 5.69. The Bertz CT molecular complexity index is 366. The second-order valence-corrected chi connectivity index (χ2v) is 3.66. The number of nitrogens with zero attached hydrogens (tertiary/aromatic N) is 2. The first-order valence-electron chi connectivity index (χ1n) is 5.19. The van der Waals surface area contributed by atoms with Crippen LogP contribution < -0.4 is 10.6 Å². The standard InChI is InChI=1S/C12H17N3/c1-3-4-7-15(2)12-8-10(9-13)5-6-11(12)14/h5-6,8H,3-4,7,14H2,1-2H3. The molecule has 80 valence electrons. The van der Waals surface area contributed by atoms with E-state index in [1.165, 1.54) is 0 Å². The molecule has 0 atom stereocenters. The van der Waals surface area contributed by atoms with Crippen molar-refractivity contribution in [3.63, 3.8) is 0 Å². The number of anilines is 2. The molecule has 0 radical (unpaired) electrons. The zero-order valence-electron chi connectivity index (χ0n) is 9.33. The van der Waals surface area contributed by atoms with E-state index in [0.717, 1.165) is 30.8 Å². The van der Waals surface area contributed by atoms with Gasteiger partial charge in [-0.05, 0) is 24.6 Å². The summed E-state index contributed by atoms with van der Waals surface area (Å²) >= 11 is 0. The number of unbranched alkanes of at least 4 members (excludes halogenated alkanes) is 1. The third-order valence-corrected chi connectivity index (χ3v) is 2.42. The third kappa shape index (κ3) is 2.88. The van der Waals surface area contributed by atoms with Crippen LogP contribution in [0.1, 0.15) is 25.3 Å². The van der Waals surface area contributed by atoms with E-state index in [4.69, 9.17) is 11.0 Å². The lowest BCUT2D eigenvalue weighted by atomic mass is 10.1. The second kappa shape index (κ2) is 5.26. The molecule has 0 fully saturated rings. The Balaban J connectivity index is 2.87. The second-order valence-electron chi connectivity index (χ2n) is 3.66. The molecule has 1 rings (SSSR count). The first-order chi connectivity index (χ1) is 7.19. The molecular weight excluding hydrogens is 186 g/mol. The Morgan fingerprint density at radius 2 is 2.20 bits per heavy atom. The van der Waals surface area contributed by atoms with Gasteiger partial charge in [0.25, 0.3) is 0 Å². The van der Waals surface area contributed by atoms with Crippen LogP contribution in [0.3, 0.4) is 0 Å². The first kappa shape index (κ1) is 11.4. The highest BCUT2D eigenvalue weighted by Crippen LogP contribution is 2.23. The van der Waals surface area contributed by atoms with Crippen molar-refractivity contribution in [2.24, 2.45) is 0 Å². The van der Waals surface area contributed by atoms with Crippen molar-refractivity contribution in [2.45, 2.75) is 19.8 Å². The maximum atomic E-state index is 8.80. The van der Waals surface area contributed by atoms with Gasteiger partial charge in [0.2, 0.25) is 0 Å². The molecule has 2 N–H and O–H groups in total. The van der Waals surface area contributed by atoms with E-state index in [0.29, 0.717) is 5.56 Å². The van der Waals surface area contributed by atoms with Gasteiger partial charge in [-0.25, -0.2) is 0 Å². The zero-order chi connectivity index (χ0) is 11.3. The van der Waals surface area contributed by atoms with Crippen LogP contribution in [0.5, 0.6) is 0 Å². The van der Waals surface area contributed by atoms with Crippen LogP contribution in [0.2, 0.25) is 0 Å². The van der Waals surface area contributed by atoms with E-state index >= 15 is 0 Å². The van der Waals surface area contributed by atoms with Crippen LogP contribution in [0.15, 0.2) is 18.2 Å². The number of nitrogen functional groups attached to an aromatic ring is 1. The van der Waals surface area contributed by atoms with Gasteiger partial charge in [0, 0.05) is 13.6 Å². The fraction of sp³-hybridized carbons (Fsp3) is 0.417. The number of hydrogen-bond acceptors (Lipinski definition) is 3. The van der Waals surface area contributed by atoms with Crippen molar-refractivity contribution >= 4 is 11.4 Å². The minimum absolute atomic E-state index is 0.655. The smallest absolute Gasteiger partial charge is 0.0992 e. The van der Waals surface area contributed by atoms with Crippen molar-refractivity contribution in [3.8, 4) is 6.07 Å². The lowest BCUT2D eigenvalue weighted by Gasteiger charge is -2.20. The van der Waals surface area contributed by atoms with Crippen LogP contribution in [-0.4, -0.2) is 13.6 Å². The quantitative estimate of drug-likeness (QED) is 0.764. The van der Waals surface area contributed by atoms with E-state index in [1.807, 2.05) is 13.1 Å². The van der Waals surface area contributed by atoms with E-state index in [-0.39, 0.29) is 0 Å². The van der Waals surface area contributed by atoms with Gasteiger partial charge in [-0.15, -0.1) is 0 Å². The van der Waals surface area contributed by atoms with Crippen LogP contribution in [0.4, 0.5) is 11.4 Å². The topological polar surface area (TPSA) is 53.0 Å². The Morgan fingerprint density at radius 1 is 1.47 bits per heavy atom. The molecule has 0 saturated heterocycles. The van der Waals surface area contributed by atoms with E-state index in [2.05, 4.69) is 17.9 Å². The molecule has 3 heteroatoms. The fourth-order valence-electron chi connectivity index (χ4n) is 1.46. The molecule has 1 aromatic rings. The Hall–Kier alpha value is -1.69. The van der Waals surface area contributed by atoms with Crippen LogP contribution in [-0.2, 0) is 0 Å². The van der Waals surface area contributed by atoms with Gasteiger partial charge in [-0.3, -0.25) is 0 Å². The lowest BCUT2D eigenvalue weighted by Crippen LogP contribution is -2.19. The highest BCUT2D eigenvalue weighted by atomic mass is 15.1. The molecule has 0 heterocycles. The van der Waals surface area contributed by atoms with E-state index in [9.17, 15) is 0 Å². The minimum atomic E-state index is 0.655. The molecular formula is C12H17N3. The summed E-state index contributed by atoms with van der Waals surface area (Å²) in [6.45, 7) is 3.12. The van der Waals surface area contributed by atoms with Gasteiger partial charge in [-0.1, -0.05) is 13.3 Å². The Labute approximate surface area is 91.1 Å². The maximum Gasteiger partial charge on any atom is 0.0992 e.